The Bertz CT molecular complexity index is 940. The van der Waals surface area contributed by atoms with Crippen molar-refractivity contribution < 1.29 is 6.22 Å². The fraction of sp³-hybridized carbons (Fsp3) is 0.649. The van der Waals surface area contributed by atoms with Gasteiger partial charge in [0.05, 0.1) is 0 Å². The minimum Gasteiger partial charge on any atom is -0.294 e. The fourth-order valence-electron chi connectivity index (χ4n) is 6.57. The summed E-state index contributed by atoms with van der Waals surface area (Å²) in [5.41, 5.74) is 6.69. The molecular weight excluding hydrogens is 460 g/mol. The maximum atomic E-state index is 12.7. The molecule has 2 aromatic carbocycles. The van der Waals surface area contributed by atoms with Crippen molar-refractivity contribution in [3.63, 3.8) is 0 Å². The Hall–Kier alpha value is -1.89. The summed E-state index contributed by atoms with van der Waals surface area (Å²) >= 11 is 0. The summed E-state index contributed by atoms with van der Waals surface area (Å²) in [6.07, 6.45) is 21.8. The second-order valence-electron chi connectivity index (χ2n) is 12.4. The number of aryl methyl sites for hydroxylation is 3. The van der Waals surface area contributed by atoms with Gasteiger partial charge in [-0.15, -0.1) is 0 Å². The third-order valence-electron chi connectivity index (χ3n) is 9.26. The molecule has 1 saturated carbocycles. The van der Waals surface area contributed by atoms with Crippen molar-refractivity contribution in [1.82, 2.24) is 0 Å². The van der Waals surface area contributed by atoms with Gasteiger partial charge in [-0.1, -0.05) is 134 Å². The maximum absolute atomic E-state index is 12.7. The van der Waals surface area contributed by atoms with E-state index in [9.17, 15) is 4.79 Å². The lowest BCUT2D eigenvalue weighted by molar-refractivity contribution is 0.0957. The van der Waals surface area contributed by atoms with Gasteiger partial charge in [0.25, 0.3) is 0 Å². The molecule has 1 nitrogen and oxygen atoms in total. The average molecular weight is 519 g/mol. The molecule has 0 aliphatic heterocycles. The zero-order valence-electron chi connectivity index (χ0n) is 25.2. The predicted molar refractivity (Wildman–Crippen MR) is 167 cm³/mol. The molecule has 212 valence electrons. The molecule has 0 amide bonds. The Morgan fingerprint density at radius 2 is 1.58 bits per heavy atom. The average Bonchev–Trinajstić information content (AvgIpc) is 3.48. The van der Waals surface area contributed by atoms with Crippen LogP contribution in [0.2, 0.25) is 0 Å². The summed E-state index contributed by atoms with van der Waals surface area (Å²) in [6.45, 7) is 9.14. The molecule has 4 rings (SSSR count). The van der Waals surface area contributed by atoms with Crippen LogP contribution in [0.15, 0.2) is 42.5 Å². The Morgan fingerprint density at radius 1 is 0.842 bits per heavy atom. The number of carbonyl (C=O) groups is 1. The fourth-order valence-corrected chi connectivity index (χ4v) is 6.57. The van der Waals surface area contributed by atoms with Crippen LogP contribution < -0.4 is 0 Å². The molecule has 1 unspecified atom stereocenters. The highest BCUT2D eigenvalue weighted by molar-refractivity contribution is 5.96. The first-order chi connectivity index (χ1) is 18.5. The van der Waals surface area contributed by atoms with Gasteiger partial charge >= 0.3 is 0 Å². The summed E-state index contributed by atoms with van der Waals surface area (Å²) in [7, 11) is 0. The monoisotopic (exact) mass is 518 g/mol. The van der Waals surface area contributed by atoms with E-state index in [2.05, 4.69) is 58.0 Å². The van der Waals surface area contributed by atoms with E-state index < -0.39 is 0 Å². The molecule has 38 heavy (non-hydrogen) atoms. The van der Waals surface area contributed by atoms with Gasteiger partial charge in [0.15, 0.2) is 5.78 Å². The lowest BCUT2D eigenvalue weighted by Gasteiger charge is -2.25. The highest BCUT2D eigenvalue weighted by Gasteiger charge is 2.22. The van der Waals surface area contributed by atoms with Gasteiger partial charge in [-0.3, -0.25) is 4.79 Å². The Morgan fingerprint density at radius 3 is 2.24 bits per heavy atom. The number of benzene rings is 2. The van der Waals surface area contributed by atoms with Crippen LogP contribution >= 0.6 is 0 Å². The highest BCUT2D eigenvalue weighted by Crippen LogP contribution is 2.30. The van der Waals surface area contributed by atoms with Crippen molar-refractivity contribution in [3.05, 3.63) is 70.3 Å². The number of hydrogen-bond donors (Lipinski definition) is 0. The molecule has 0 N–H and O–H groups in total. The number of hydrogen-bond acceptors (Lipinski definition) is 1. The molecule has 2 aromatic rings. The number of rotatable bonds is 13. The molecule has 0 saturated heterocycles. The van der Waals surface area contributed by atoms with Crippen molar-refractivity contribution in [2.24, 2.45) is 17.8 Å². The summed E-state index contributed by atoms with van der Waals surface area (Å²) in [4.78, 5) is 12.7. The zero-order chi connectivity index (χ0) is 27.2. The van der Waals surface area contributed by atoms with E-state index in [0.29, 0.717) is 18.1 Å². The van der Waals surface area contributed by atoms with Crippen LogP contribution in [-0.4, -0.2) is 5.78 Å². The third kappa shape index (κ3) is 10.3. The summed E-state index contributed by atoms with van der Waals surface area (Å²) in [5, 5.41) is 0. The van der Waals surface area contributed by atoms with Crippen LogP contribution in [0.3, 0.4) is 0 Å². The molecule has 2 aliphatic carbocycles. The predicted octanol–water partition coefficient (Wildman–Crippen LogP) is 11.0. The molecule has 1 fully saturated rings. The smallest absolute Gasteiger partial charge is 0.163 e. The van der Waals surface area contributed by atoms with E-state index >= 15 is 0 Å². The van der Waals surface area contributed by atoms with Crippen molar-refractivity contribution >= 4 is 5.78 Å². The number of Topliss-reactive ketones (excluding diaryl/α,β-unsaturated/α-hetero) is 1. The van der Waals surface area contributed by atoms with Gasteiger partial charge in [0.1, 0.15) is 0 Å². The minimum absolute atomic E-state index is 0. The zero-order valence-corrected chi connectivity index (χ0v) is 25.2. The highest BCUT2D eigenvalue weighted by atomic mass is 16.1. The maximum Gasteiger partial charge on any atom is 0.163 e. The molecule has 0 heterocycles. The lowest BCUT2D eigenvalue weighted by atomic mass is 9.80. The quantitative estimate of drug-likeness (QED) is 0.190. The van der Waals surface area contributed by atoms with E-state index in [0.717, 1.165) is 43.1 Å². The lowest BCUT2D eigenvalue weighted by Crippen LogP contribution is -2.18. The first-order valence-corrected chi connectivity index (χ1v) is 16.2. The van der Waals surface area contributed by atoms with Crippen LogP contribution in [0.4, 0.5) is 0 Å². The molecule has 1 heteroatoms. The third-order valence-corrected chi connectivity index (χ3v) is 9.26. The van der Waals surface area contributed by atoms with Crippen molar-refractivity contribution in [3.8, 4) is 0 Å². The molecule has 0 spiro atoms. The van der Waals surface area contributed by atoms with Gasteiger partial charge in [0, 0.05) is 13.4 Å². The Balaban J connectivity index is 0.000000579. The topological polar surface area (TPSA) is 17.1 Å². The molecule has 0 radical (unpaired) electrons. The number of ketones is 1. The van der Waals surface area contributed by atoms with Crippen LogP contribution in [-0.2, 0) is 25.7 Å². The molecular formula is C37H58O. The van der Waals surface area contributed by atoms with Crippen LogP contribution in [0, 0.1) is 17.8 Å². The van der Waals surface area contributed by atoms with Crippen LogP contribution in [0.1, 0.15) is 145 Å². The van der Waals surface area contributed by atoms with Crippen molar-refractivity contribution in [2.75, 3.05) is 0 Å². The molecule has 2 atom stereocenters. The SMILES string of the molecule is CCC1CCCC1.CCCC(C)CCCCCc1ccc2c(c1)CC[C@H](CC(=O)c1ccc(CC)cc1)C2.[HH]. The Labute approximate surface area is 236 Å². The first-order valence-electron chi connectivity index (χ1n) is 16.2. The first kappa shape index (κ1) is 30.6. The number of carbonyl (C=O) groups excluding carboxylic acids is 1. The largest absolute Gasteiger partial charge is 0.294 e. The summed E-state index contributed by atoms with van der Waals surface area (Å²) in [5.74, 6) is 2.78. The van der Waals surface area contributed by atoms with Crippen molar-refractivity contribution in [1.29, 1.82) is 0 Å². The van der Waals surface area contributed by atoms with E-state index in [4.69, 9.17) is 0 Å². The van der Waals surface area contributed by atoms with Crippen LogP contribution in [0.5, 0.6) is 0 Å². The van der Waals surface area contributed by atoms with Gasteiger partial charge in [-0.2, -0.15) is 0 Å². The summed E-state index contributed by atoms with van der Waals surface area (Å²) in [6, 6.07) is 15.3. The number of unbranched alkanes of at least 4 members (excludes halogenated alkanes) is 2. The standard InChI is InChI=1S/C30H42O.C7H14.H2/c1-4-9-23(3)10-7-6-8-11-25-14-18-29-21-26(15-19-28(29)20-25)22-30(31)27-16-12-24(5-2)13-17-27;1-2-7-5-3-4-6-7;/h12-14,16-18,20,23,26H,4-11,15,19,21-22H2,1-3H3;7H,2-6H2,1H3;1H/t23?,26-;;/m0../s1. The van der Waals surface area contributed by atoms with Gasteiger partial charge in [-0.25, -0.2) is 0 Å². The van der Waals surface area contributed by atoms with E-state index in [1.165, 1.54) is 99.3 Å². The summed E-state index contributed by atoms with van der Waals surface area (Å²) < 4.78 is 0. The van der Waals surface area contributed by atoms with Crippen LogP contribution in [0.25, 0.3) is 0 Å². The van der Waals surface area contributed by atoms with E-state index in [1.807, 2.05) is 12.1 Å². The Kier molecular flexibility index (Phi) is 13.7. The molecule has 0 bridgehead atoms. The van der Waals surface area contributed by atoms with Gasteiger partial charge < -0.3 is 0 Å². The van der Waals surface area contributed by atoms with E-state index in [1.54, 1.807) is 0 Å². The minimum atomic E-state index is 0. The second kappa shape index (κ2) is 16.9. The van der Waals surface area contributed by atoms with Gasteiger partial charge in [0.2, 0.25) is 0 Å². The van der Waals surface area contributed by atoms with Crippen molar-refractivity contribution in [2.45, 2.75) is 137 Å². The molecule has 2 aliphatic rings. The second-order valence-corrected chi connectivity index (χ2v) is 12.4. The van der Waals surface area contributed by atoms with E-state index in [-0.39, 0.29) is 1.43 Å². The molecule has 0 aromatic heterocycles. The number of fused-ring (bicyclic) bond motifs is 1. The van der Waals surface area contributed by atoms with Gasteiger partial charge in [-0.05, 0) is 78.5 Å². The normalized spacial score (nSPS) is 17.9.